The summed E-state index contributed by atoms with van der Waals surface area (Å²) in [5.74, 6) is 0. The molecule has 3 heteroatoms. The summed E-state index contributed by atoms with van der Waals surface area (Å²) in [5.41, 5.74) is 12.2. The van der Waals surface area contributed by atoms with E-state index in [9.17, 15) is 0 Å². The number of hydrogen-bond acceptors (Lipinski definition) is 3. The van der Waals surface area contributed by atoms with E-state index in [2.05, 4.69) is 276 Å². The minimum absolute atomic E-state index is 1.07. The Bertz CT molecular complexity index is 3200. The normalized spacial score (nSPS) is 11.2. The molecule has 11 rings (SSSR count). The summed E-state index contributed by atoms with van der Waals surface area (Å²) in [6.07, 6.45) is 0. The second kappa shape index (κ2) is 16.6. The van der Waals surface area contributed by atoms with Gasteiger partial charge in [0.15, 0.2) is 0 Å². The summed E-state index contributed by atoms with van der Waals surface area (Å²) >= 11 is 0. The Hall–Kier alpha value is -8.40. The molecule has 0 spiro atoms. The average molecular weight is 806 g/mol. The van der Waals surface area contributed by atoms with Gasteiger partial charge in [-0.25, -0.2) is 0 Å². The maximum atomic E-state index is 2.45. The molecule has 298 valence electrons. The smallest absolute Gasteiger partial charge is 0.0619 e. The van der Waals surface area contributed by atoms with Crippen LogP contribution in [0.5, 0.6) is 0 Å². The SMILES string of the molecule is c1ccc(N(c2ccccc2)c2ccc3c(N(c4ccccc4)c4ccccc4)c4cc(N(c5ccccc5)c5ccccc5)ccc4c(-c4cccc5ccccc45)c3c2)cc1. The number of rotatable bonds is 10. The molecule has 0 aliphatic heterocycles. The minimum Gasteiger partial charge on any atom is -0.310 e. The Morgan fingerprint density at radius 1 is 0.206 bits per heavy atom. The molecule has 0 radical (unpaired) electrons. The van der Waals surface area contributed by atoms with Gasteiger partial charge in [-0.2, -0.15) is 0 Å². The van der Waals surface area contributed by atoms with Crippen molar-refractivity contribution in [2.45, 2.75) is 0 Å². The number of anilines is 9. The van der Waals surface area contributed by atoms with Crippen LogP contribution in [0.3, 0.4) is 0 Å². The number of hydrogen-bond donors (Lipinski definition) is 0. The van der Waals surface area contributed by atoms with Crippen LogP contribution in [0.25, 0.3) is 43.4 Å². The number of benzene rings is 11. The molecule has 0 aliphatic carbocycles. The Kier molecular flexibility index (Phi) is 9.89. The van der Waals surface area contributed by atoms with Gasteiger partial charge in [-0.3, -0.25) is 0 Å². The predicted molar refractivity (Wildman–Crippen MR) is 268 cm³/mol. The number of fused-ring (bicyclic) bond motifs is 3. The Labute approximate surface area is 368 Å². The van der Waals surface area contributed by atoms with Crippen LogP contribution in [0.2, 0.25) is 0 Å². The highest BCUT2D eigenvalue weighted by Gasteiger charge is 2.26. The van der Waals surface area contributed by atoms with Crippen molar-refractivity contribution in [2.24, 2.45) is 0 Å². The van der Waals surface area contributed by atoms with Crippen molar-refractivity contribution in [3.8, 4) is 11.1 Å². The summed E-state index contributed by atoms with van der Waals surface area (Å²) in [4.78, 5) is 7.17. The summed E-state index contributed by atoms with van der Waals surface area (Å²) in [7, 11) is 0. The highest BCUT2D eigenvalue weighted by molar-refractivity contribution is 6.25. The fourth-order valence-electron chi connectivity index (χ4n) is 9.20. The van der Waals surface area contributed by atoms with Gasteiger partial charge in [-0.1, -0.05) is 164 Å². The number of para-hydroxylation sites is 6. The van der Waals surface area contributed by atoms with Crippen molar-refractivity contribution in [3.05, 3.63) is 261 Å². The van der Waals surface area contributed by atoms with Gasteiger partial charge in [0.1, 0.15) is 0 Å². The second-order valence-corrected chi connectivity index (χ2v) is 15.7. The van der Waals surface area contributed by atoms with Gasteiger partial charge in [0, 0.05) is 56.3 Å². The van der Waals surface area contributed by atoms with Crippen LogP contribution < -0.4 is 14.7 Å². The van der Waals surface area contributed by atoms with Gasteiger partial charge in [-0.05, 0) is 130 Å². The van der Waals surface area contributed by atoms with Crippen LogP contribution in [0.15, 0.2) is 261 Å². The molecule has 11 aromatic carbocycles. The van der Waals surface area contributed by atoms with Gasteiger partial charge < -0.3 is 14.7 Å². The first-order valence-corrected chi connectivity index (χ1v) is 21.5. The topological polar surface area (TPSA) is 9.72 Å². The van der Waals surface area contributed by atoms with Crippen LogP contribution in [-0.2, 0) is 0 Å². The Balaban J connectivity index is 1.31. The Morgan fingerprint density at radius 3 is 1.03 bits per heavy atom. The van der Waals surface area contributed by atoms with Crippen LogP contribution >= 0.6 is 0 Å². The highest BCUT2D eigenvalue weighted by Crippen LogP contribution is 2.52. The van der Waals surface area contributed by atoms with E-state index in [1.807, 2.05) is 0 Å². The molecule has 0 aliphatic rings. The summed E-state index contributed by atoms with van der Waals surface area (Å²) in [6.45, 7) is 0. The molecular formula is C60H43N3. The number of nitrogens with zero attached hydrogens (tertiary/aromatic N) is 3. The van der Waals surface area contributed by atoms with Crippen molar-refractivity contribution in [1.29, 1.82) is 0 Å². The van der Waals surface area contributed by atoms with Crippen molar-refractivity contribution in [2.75, 3.05) is 14.7 Å². The summed E-state index contributed by atoms with van der Waals surface area (Å²) in [5, 5.41) is 7.03. The molecule has 0 heterocycles. The van der Waals surface area contributed by atoms with Gasteiger partial charge >= 0.3 is 0 Å². The van der Waals surface area contributed by atoms with Crippen molar-refractivity contribution in [3.63, 3.8) is 0 Å². The van der Waals surface area contributed by atoms with E-state index in [4.69, 9.17) is 0 Å². The fraction of sp³-hybridized carbons (Fsp3) is 0. The third-order valence-electron chi connectivity index (χ3n) is 11.9. The molecule has 0 fully saturated rings. The maximum Gasteiger partial charge on any atom is 0.0619 e. The summed E-state index contributed by atoms with van der Waals surface area (Å²) < 4.78 is 0. The zero-order chi connectivity index (χ0) is 42.0. The van der Waals surface area contributed by atoms with E-state index in [1.54, 1.807) is 0 Å². The molecule has 11 aromatic rings. The van der Waals surface area contributed by atoms with Gasteiger partial charge in [-0.15, -0.1) is 0 Å². The van der Waals surface area contributed by atoms with E-state index in [1.165, 1.54) is 27.3 Å². The molecule has 0 unspecified atom stereocenters. The molecule has 0 atom stereocenters. The lowest BCUT2D eigenvalue weighted by Crippen LogP contribution is -2.13. The molecule has 0 aromatic heterocycles. The van der Waals surface area contributed by atoms with Crippen LogP contribution in [0, 0.1) is 0 Å². The van der Waals surface area contributed by atoms with Crippen LogP contribution in [-0.4, -0.2) is 0 Å². The van der Waals surface area contributed by atoms with Crippen molar-refractivity contribution in [1.82, 2.24) is 0 Å². The molecule has 0 bridgehead atoms. The lowest BCUT2D eigenvalue weighted by Gasteiger charge is -2.32. The largest absolute Gasteiger partial charge is 0.310 e. The molecule has 3 nitrogen and oxygen atoms in total. The van der Waals surface area contributed by atoms with E-state index in [-0.39, 0.29) is 0 Å². The lowest BCUT2D eigenvalue weighted by atomic mass is 9.87. The van der Waals surface area contributed by atoms with Crippen LogP contribution in [0.4, 0.5) is 51.2 Å². The van der Waals surface area contributed by atoms with Crippen molar-refractivity contribution >= 4 is 83.5 Å². The highest BCUT2D eigenvalue weighted by atomic mass is 15.2. The standard InChI is InChI=1S/C60H43N3/c1-7-24-45(25-8-1)61(46-26-9-2-10-27-46)51-39-41-56-57(42-51)59(54-37-21-23-44-22-19-20-36-53(44)54)55-40-38-52(62(47-28-11-3-12-29-47)48-30-13-4-14-31-48)43-58(55)60(56)63(49-32-15-5-16-33-49)50-34-17-6-18-35-50/h1-43H. The zero-order valence-electron chi connectivity index (χ0n) is 34.7. The molecule has 0 N–H and O–H groups in total. The minimum atomic E-state index is 1.07. The summed E-state index contributed by atoms with van der Waals surface area (Å²) in [6, 6.07) is 93.9. The quantitative estimate of drug-likeness (QED) is 0.128. The third-order valence-corrected chi connectivity index (χ3v) is 11.9. The third kappa shape index (κ3) is 7.02. The average Bonchev–Trinajstić information content (AvgIpc) is 3.36. The molecule has 0 amide bonds. The zero-order valence-corrected chi connectivity index (χ0v) is 34.7. The van der Waals surface area contributed by atoms with Crippen molar-refractivity contribution < 1.29 is 0 Å². The monoisotopic (exact) mass is 805 g/mol. The molecule has 0 saturated carbocycles. The first-order valence-electron chi connectivity index (χ1n) is 21.5. The van der Waals surface area contributed by atoms with E-state index >= 15 is 0 Å². The van der Waals surface area contributed by atoms with E-state index in [0.717, 1.165) is 67.3 Å². The molecule has 63 heavy (non-hydrogen) atoms. The second-order valence-electron chi connectivity index (χ2n) is 15.7. The van der Waals surface area contributed by atoms with Gasteiger partial charge in [0.2, 0.25) is 0 Å². The van der Waals surface area contributed by atoms with E-state index < -0.39 is 0 Å². The first kappa shape index (κ1) is 37.6. The predicted octanol–water partition coefficient (Wildman–Crippen LogP) is 17.2. The van der Waals surface area contributed by atoms with E-state index in [0.29, 0.717) is 0 Å². The van der Waals surface area contributed by atoms with Gasteiger partial charge in [0.25, 0.3) is 0 Å². The maximum absolute atomic E-state index is 2.45. The van der Waals surface area contributed by atoms with Gasteiger partial charge in [0.05, 0.1) is 5.69 Å². The first-order chi connectivity index (χ1) is 31.3. The fourth-order valence-corrected chi connectivity index (χ4v) is 9.20. The lowest BCUT2D eigenvalue weighted by molar-refractivity contribution is 1.28. The van der Waals surface area contributed by atoms with Crippen LogP contribution in [0.1, 0.15) is 0 Å². The Morgan fingerprint density at radius 2 is 0.571 bits per heavy atom. The molecular weight excluding hydrogens is 763 g/mol. The molecule has 0 saturated heterocycles.